The van der Waals surface area contributed by atoms with Crippen LogP contribution in [0.5, 0.6) is 5.75 Å². The predicted octanol–water partition coefficient (Wildman–Crippen LogP) is 5.39. The Morgan fingerprint density at radius 2 is 1.86 bits per heavy atom. The van der Waals surface area contributed by atoms with E-state index in [1.165, 1.54) is 6.21 Å². The Morgan fingerprint density at radius 3 is 2.62 bits per heavy atom. The van der Waals surface area contributed by atoms with Gasteiger partial charge in [-0.3, -0.25) is 4.79 Å². The number of aryl methyl sites for hydroxylation is 1. The van der Waals surface area contributed by atoms with E-state index >= 15 is 0 Å². The third kappa shape index (κ3) is 5.53. The van der Waals surface area contributed by atoms with E-state index in [1.807, 2.05) is 13.0 Å². The number of hydrogen-bond donors (Lipinski definition) is 1. The van der Waals surface area contributed by atoms with Crippen LogP contribution in [0.3, 0.4) is 0 Å². The van der Waals surface area contributed by atoms with Crippen molar-refractivity contribution >= 4 is 45.6 Å². The molecule has 0 aromatic heterocycles. The molecule has 0 heterocycles. The van der Waals surface area contributed by atoms with Gasteiger partial charge in [0.05, 0.1) is 16.8 Å². The average molecular weight is 472 g/mol. The molecule has 0 saturated carbocycles. The second-order valence-electron chi connectivity index (χ2n) is 6.12. The predicted molar refractivity (Wildman–Crippen MR) is 117 cm³/mol. The molecule has 146 valence electrons. The number of amides is 1. The van der Waals surface area contributed by atoms with Crippen LogP contribution >= 0.6 is 27.5 Å². The third-order valence-corrected chi connectivity index (χ3v) is 4.74. The van der Waals surface area contributed by atoms with Gasteiger partial charge in [-0.25, -0.2) is 10.2 Å². The number of carbonyl (C=O) groups is 2. The number of ether oxygens (including phenoxy) is 1. The SMILES string of the molecule is Cc1cccc(C(=O)N/N=C/c2cc(Br)ccc2OC(=O)c2ccccc2Cl)c1. The van der Waals surface area contributed by atoms with Crippen molar-refractivity contribution in [3.05, 3.63) is 98.5 Å². The van der Waals surface area contributed by atoms with Crippen molar-refractivity contribution in [3.8, 4) is 5.75 Å². The summed E-state index contributed by atoms with van der Waals surface area (Å²) in [5, 5.41) is 4.29. The molecule has 0 aliphatic rings. The summed E-state index contributed by atoms with van der Waals surface area (Å²) in [5.74, 6) is -0.641. The number of carbonyl (C=O) groups excluding carboxylic acids is 2. The van der Waals surface area contributed by atoms with Crippen LogP contribution in [0.2, 0.25) is 5.02 Å². The zero-order valence-corrected chi connectivity index (χ0v) is 17.7. The van der Waals surface area contributed by atoms with E-state index in [4.69, 9.17) is 16.3 Å². The van der Waals surface area contributed by atoms with Gasteiger partial charge in [0.25, 0.3) is 5.91 Å². The van der Waals surface area contributed by atoms with Crippen LogP contribution in [-0.2, 0) is 0 Å². The third-order valence-electron chi connectivity index (χ3n) is 3.92. The Hall–Kier alpha value is -2.96. The minimum absolute atomic E-state index is 0.257. The van der Waals surface area contributed by atoms with Gasteiger partial charge in [-0.2, -0.15) is 5.10 Å². The van der Waals surface area contributed by atoms with Crippen LogP contribution in [-0.4, -0.2) is 18.1 Å². The highest BCUT2D eigenvalue weighted by Crippen LogP contribution is 2.24. The maximum Gasteiger partial charge on any atom is 0.345 e. The quantitative estimate of drug-likeness (QED) is 0.235. The Morgan fingerprint density at radius 1 is 1.07 bits per heavy atom. The fourth-order valence-corrected chi connectivity index (χ4v) is 3.10. The van der Waals surface area contributed by atoms with Gasteiger partial charge in [0.1, 0.15) is 5.75 Å². The van der Waals surface area contributed by atoms with Crippen molar-refractivity contribution in [2.75, 3.05) is 0 Å². The van der Waals surface area contributed by atoms with Gasteiger partial charge in [-0.1, -0.05) is 57.4 Å². The second-order valence-corrected chi connectivity index (χ2v) is 7.44. The van der Waals surface area contributed by atoms with E-state index in [0.29, 0.717) is 16.1 Å². The Bertz CT molecular complexity index is 1100. The zero-order chi connectivity index (χ0) is 20.8. The summed E-state index contributed by atoms with van der Waals surface area (Å²) in [7, 11) is 0. The molecule has 7 heteroatoms. The Kier molecular flexibility index (Phi) is 6.80. The van der Waals surface area contributed by atoms with E-state index in [9.17, 15) is 9.59 Å². The van der Waals surface area contributed by atoms with Gasteiger partial charge in [-0.05, 0) is 49.4 Å². The van der Waals surface area contributed by atoms with Crippen LogP contribution in [0.15, 0.2) is 76.3 Å². The van der Waals surface area contributed by atoms with Crippen molar-refractivity contribution in [3.63, 3.8) is 0 Å². The summed E-state index contributed by atoms with van der Waals surface area (Å²) in [6, 6.07) is 18.9. The van der Waals surface area contributed by atoms with Crippen molar-refractivity contribution in [2.24, 2.45) is 5.10 Å². The number of esters is 1. The van der Waals surface area contributed by atoms with E-state index in [-0.39, 0.29) is 17.2 Å². The lowest BCUT2D eigenvalue weighted by Gasteiger charge is -2.09. The number of rotatable bonds is 5. The molecular formula is C22H16BrClN2O3. The van der Waals surface area contributed by atoms with Gasteiger partial charge in [-0.15, -0.1) is 0 Å². The fraction of sp³-hybridized carbons (Fsp3) is 0.0455. The molecule has 29 heavy (non-hydrogen) atoms. The minimum Gasteiger partial charge on any atom is -0.422 e. The zero-order valence-electron chi connectivity index (χ0n) is 15.4. The molecule has 0 spiro atoms. The van der Waals surface area contributed by atoms with Gasteiger partial charge in [0.15, 0.2) is 0 Å². The molecule has 5 nitrogen and oxygen atoms in total. The molecule has 1 N–H and O–H groups in total. The molecule has 3 aromatic rings. The number of hydrogen-bond acceptors (Lipinski definition) is 4. The molecule has 0 saturated heterocycles. The summed E-state index contributed by atoms with van der Waals surface area (Å²) in [5.41, 5.74) is 4.71. The molecule has 0 atom stereocenters. The maximum absolute atomic E-state index is 12.4. The van der Waals surface area contributed by atoms with E-state index in [2.05, 4.69) is 26.5 Å². The molecule has 0 fully saturated rings. The number of hydrazone groups is 1. The first kappa shape index (κ1) is 20.8. The Balaban J connectivity index is 1.76. The number of nitrogens with one attached hydrogen (secondary N) is 1. The highest BCUT2D eigenvalue weighted by Gasteiger charge is 2.14. The van der Waals surface area contributed by atoms with E-state index < -0.39 is 5.97 Å². The largest absolute Gasteiger partial charge is 0.422 e. The normalized spacial score (nSPS) is 10.7. The van der Waals surface area contributed by atoms with Crippen LogP contribution in [0.4, 0.5) is 0 Å². The van der Waals surface area contributed by atoms with Crippen LogP contribution in [0.25, 0.3) is 0 Å². The van der Waals surface area contributed by atoms with Gasteiger partial charge in [0, 0.05) is 15.6 Å². The maximum atomic E-state index is 12.4. The first-order chi connectivity index (χ1) is 13.9. The average Bonchev–Trinajstić information content (AvgIpc) is 2.70. The first-order valence-corrected chi connectivity index (χ1v) is 9.77. The number of nitrogens with zero attached hydrogens (tertiary/aromatic N) is 1. The van der Waals surface area contributed by atoms with Crippen LogP contribution in [0, 0.1) is 6.92 Å². The highest BCUT2D eigenvalue weighted by molar-refractivity contribution is 9.10. The van der Waals surface area contributed by atoms with Crippen molar-refractivity contribution in [1.82, 2.24) is 5.43 Å². The first-order valence-electron chi connectivity index (χ1n) is 8.60. The summed E-state index contributed by atoms with van der Waals surface area (Å²) in [6.45, 7) is 1.90. The molecule has 0 aliphatic heterocycles. The second kappa shape index (κ2) is 9.49. The molecule has 3 rings (SSSR count). The van der Waals surface area contributed by atoms with Crippen molar-refractivity contribution < 1.29 is 14.3 Å². The van der Waals surface area contributed by atoms with Gasteiger partial charge < -0.3 is 4.74 Å². The van der Waals surface area contributed by atoms with Gasteiger partial charge >= 0.3 is 5.97 Å². The molecule has 3 aromatic carbocycles. The van der Waals surface area contributed by atoms with E-state index in [1.54, 1.807) is 60.7 Å². The number of benzene rings is 3. The summed E-state index contributed by atoms with van der Waals surface area (Å²) in [6.07, 6.45) is 1.41. The molecule has 0 unspecified atom stereocenters. The molecule has 0 radical (unpaired) electrons. The van der Waals surface area contributed by atoms with Gasteiger partial charge in [0.2, 0.25) is 0 Å². The molecule has 1 amide bonds. The van der Waals surface area contributed by atoms with Crippen LogP contribution < -0.4 is 10.2 Å². The fourth-order valence-electron chi connectivity index (χ4n) is 2.51. The topological polar surface area (TPSA) is 67.8 Å². The lowest BCUT2D eigenvalue weighted by Crippen LogP contribution is -2.17. The standard InChI is InChI=1S/C22H16BrClN2O3/c1-14-5-4-6-15(11-14)21(27)26-25-13-16-12-17(23)9-10-20(16)29-22(28)18-7-2-3-8-19(18)24/h2-13H,1H3,(H,26,27)/b25-13+. The highest BCUT2D eigenvalue weighted by atomic mass is 79.9. The lowest BCUT2D eigenvalue weighted by molar-refractivity contribution is 0.0734. The molecule has 0 bridgehead atoms. The molecule has 0 aliphatic carbocycles. The van der Waals surface area contributed by atoms with E-state index in [0.717, 1.165) is 10.0 Å². The summed E-state index contributed by atoms with van der Waals surface area (Å²) < 4.78 is 6.24. The van der Waals surface area contributed by atoms with Crippen molar-refractivity contribution in [2.45, 2.75) is 6.92 Å². The molecular weight excluding hydrogens is 456 g/mol. The Labute approximate surface area is 181 Å². The van der Waals surface area contributed by atoms with Crippen LogP contribution in [0.1, 0.15) is 31.8 Å². The minimum atomic E-state index is -0.587. The lowest BCUT2D eigenvalue weighted by atomic mass is 10.1. The summed E-state index contributed by atoms with van der Waals surface area (Å²) in [4.78, 5) is 24.6. The smallest absolute Gasteiger partial charge is 0.345 e. The summed E-state index contributed by atoms with van der Waals surface area (Å²) >= 11 is 9.43. The van der Waals surface area contributed by atoms with Crippen molar-refractivity contribution in [1.29, 1.82) is 0 Å². The monoisotopic (exact) mass is 470 g/mol. The number of halogens is 2.